The van der Waals surface area contributed by atoms with Gasteiger partial charge in [-0.2, -0.15) is 0 Å². The lowest BCUT2D eigenvalue weighted by Gasteiger charge is -2.13. The van der Waals surface area contributed by atoms with E-state index in [1.165, 1.54) is 0 Å². The van der Waals surface area contributed by atoms with E-state index < -0.39 is 5.91 Å². The SMILES string of the molecule is CCCOc1ccc(-c2nonc2NC(=O)COc2ccc(Cl)c(C)c2)cc1OCCC. The summed E-state index contributed by atoms with van der Waals surface area (Å²) in [6.07, 6.45) is 1.74. The Morgan fingerprint density at radius 1 is 1.00 bits per heavy atom. The first-order valence-corrected chi connectivity index (χ1v) is 10.8. The van der Waals surface area contributed by atoms with Crippen molar-refractivity contribution >= 4 is 23.3 Å². The number of nitrogens with zero attached hydrogens (tertiary/aromatic N) is 2. The van der Waals surface area contributed by atoms with Crippen molar-refractivity contribution in [3.05, 3.63) is 47.0 Å². The van der Waals surface area contributed by atoms with E-state index in [1.807, 2.05) is 32.9 Å². The first-order valence-electron chi connectivity index (χ1n) is 10.4. The third-order valence-corrected chi connectivity index (χ3v) is 4.81. The zero-order chi connectivity index (χ0) is 22.9. The van der Waals surface area contributed by atoms with Crippen molar-refractivity contribution in [2.75, 3.05) is 25.1 Å². The van der Waals surface area contributed by atoms with Gasteiger partial charge in [0.2, 0.25) is 5.82 Å². The number of benzene rings is 2. The van der Waals surface area contributed by atoms with Gasteiger partial charge in [-0.25, -0.2) is 4.63 Å². The van der Waals surface area contributed by atoms with Gasteiger partial charge < -0.3 is 19.5 Å². The predicted molar refractivity (Wildman–Crippen MR) is 122 cm³/mol. The summed E-state index contributed by atoms with van der Waals surface area (Å²) in [6.45, 7) is 6.85. The first-order chi connectivity index (χ1) is 15.5. The Kier molecular flexibility index (Phi) is 8.33. The molecule has 0 fully saturated rings. The maximum absolute atomic E-state index is 12.4. The van der Waals surface area contributed by atoms with Gasteiger partial charge in [-0.15, -0.1) is 0 Å². The zero-order valence-corrected chi connectivity index (χ0v) is 19.1. The molecule has 0 radical (unpaired) electrons. The highest BCUT2D eigenvalue weighted by Gasteiger charge is 2.18. The number of rotatable bonds is 11. The lowest BCUT2D eigenvalue weighted by atomic mass is 10.1. The standard InChI is InChI=1S/C23H26ClN3O5/c1-4-10-29-19-9-6-16(13-20(19)30-11-5-2)22-23(27-32-26-22)25-21(28)14-31-17-7-8-18(24)15(3)12-17/h6-9,12-13H,4-5,10-11,14H2,1-3H3,(H,25,27,28). The van der Waals surface area contributed by atoms with Gasteiger partial charge in [0.05, 0.1) is 13.2 Å². The number of hydrogen-bond donors (Lipinski definition) is 1. The third kappa shape index (κ3) is 6.13. The van der Waals surface area contributed by atoms with Crippen molar-refractivity contribution in [2.45, 2.75) is 33.6 Å². The monoisotopic (exact) mass is 459 g/mol. The van der Waals surface area contributed by atoms with Crippen LogP contribution >= 0.6 is 11.6 Å². The molecule has 0 bridgehead atoms. The van der Waals surface area contributed by atoms with Gasteiger partial charge in [0.15, 0.2) is 23.8 Å². The van der Waals surface area contributed by atoms with Crippen molar-refractivity contribution in [1.82, 2.24) is 10.3 Å². The number of aryl methyl sites for hydroxylation is 1. The van der Waals surface area contributed by atoms with Crippen LogP contribution in [0.3, 0.4) is 0 Å². The van der Waals surface area contributed by atoms with Crippen LogP contribution in [0.4, 0.5) is 5.82 Å². The van der Waals surface area contributed by atoms with Crippen molar-refractivity contribution in [3.8, 4) is 28.5 Å². The van der Waals surface area contributed by atoms with Gasteiger partial charge in [0, 0.05) is 10.6 Å². The molecule has 0 unspecified atom stereocenters. The van der Waals surface area contributed by atoms with E-state index in [0.29, 0.717) is 46.7 Å². The summed E-state index contributed by atoms with van der Waals surface area (Å²) in [4.78, 5) is 12.4. The number of halogens is 1. The fourth-order valence-corrected chi connectivity index (χ4v) is 2.91. The number of aromatic nitrogens is 2. The number of amides is 1. The molecular formula is C23H26ClN3O5. The Morgan fingerprint density at radius 3 is 2.47 bits per heavy atom. The minimum absolute atomic E-state index is 0.189. The van der Waals surface area contributed by atoms with Crippen LogP contribution in [-0.2, 0) is 4.79 Å². The van der Waals surface area contributed by atoms with Gasteiger partial charge in [-0.1, -0.05) is 25.4 Å². The lowest BCUT2D eigenvalue weighted by Crippen LogP contribution is -2.20. The maximum Gasteiger partial charge on any atom is 0.263 e. The molecule has 1 N–H and O–H groups in total. The Morgan fingerprint density at radius 2 is 1.75 bits per heavy atom. The molecule has 3 aromatic rings. The lowest BCUT2D eigenvalue weighted by molar-refractivity contribution is -0.118. The third-order valence-electron chi connectivity index (χ3n) is 4.39. The Bertz CT molecular complexity index is 1050. The molecule has 0 saturated heterocycles. The molecule has 0 aliphatic carbocycles. The molecule has 1 aromatic heterocycles. The Hall–Kier alpha value is -3.26. The average Bonchev–Trinajstić information content (AvgIpc) is 3.25. The van der Waals surface area contributed by atoms with E-state index in [-0.39, 0.29) is 12.4 Å². The topological polar surface area (TPSA) is 95.7 Å². The molecule has 2 aromatic carbocycles. The van der Waals surface area contributed by atoms with Crippen molar-refractivity contribution < 1.29 is 23.6 Å². The predicted octanol–water partition coefficient (Wildman–Crippen LogP) is 5.29. The molecule has 8 nitrogen and oxygen atoms in total. The molecule has 1 amide bonds. The van der Waals surface area contributed by atoms with Crippen molar-refractivity contribution in [1.29, 1.82) is 0 Å². The molecule has 3 rings (SSSR count). The number of ether oxygens (including phenoxy) is 3. The summed E-state index contributed by atoms with van der Waals surface area (Å²) >= 11 is 6.01. The van der Waals surface area contributed by atoms with Gasteiger partial charge >= 0.3 is 0 Å². The fraction of sp³-hybridized carbons (Fsp3) is 0.348. The quantitative estimate of drug-likeness (QED) is 0.416. The van der Waals surface area contributed by atoms with Gasteiger partial charge in [-0.05, 0) is 72.0 Å². The highest BCUT2D eigenvalue weighted by Crippen LogP contribution is 2.34. The number of carbonyl (C=O) groups excluding carboxylic acids is 1. The molecule has 170 valence electrons. The molecule has 0 atom stereocenters. The molecule has 1 heterocycles. The van der Waals surface area contributed by atoms with E-state index in [0.717, 1.165) is 18.4 Å². The maximum atomic E-state index is 12.4. The van der Waals surface area contributed by atoms with Crippen LogP contribution in [0.5, 0.6) is 17.2 Å². The summed E-state index contributed by atoms with van der Waals surface area (Å²) < 4.78 is 22.0. The second-order valence-electron chi connectivity index (χ2n) is 7.07. The Balaban J connectivity index is 1.71. The molecular weight excluding hydrogens is 434 g/mol. The largest absolute Gasteiger partial charge is 0.490 e. The van der Waals surface area contributed by atoms with Crippen LogP contribution in [0.25, 0.3) is 11.3 Å². The fourth-order valence-electron chi connectivity index (χ4n) is 2.80. The summed E-state index contributed by atoms with van der Waals surface area (Å²) in [6, 6.07) is 10.6. The average molecular weight is 460 g/mol. The number of nitrogens with one attached hydrogen (secondary N) is 1. The first kappa shape index (κ1) is 23.4. The summed E-state index contributed by atoms with van der Waals surface area (Å²) in [5.41, 5.74) is 1.91. The van der Waals surface area contributed by atoms with E-state index in [4.69, 9.17) is 30.4 Å². The number of anilines is 1. The van der Waals surface area contributed by atoms with Crippen LogP contribution in [0, 0.1) is 6.92 Å². The number of carbonyl (C=O) groups is 1. The molecule has 0 saturated carbocycles. The summed E-state index contributed by atoms with van der Waals surface area (Å²) in [5.74, 6) is 1.58. The minimum atomic E-state index is -0.403. The number of hydrogen-bond acceptors (Lipinski definition) is 7. The highest BCUT2D eigenvalue weighted by atomic mass is 35.5. The zero-order valence-electron chi connectivity index (χ0n) is 18.3. The van der Waals surface area contributed by atoms with Crippen LogP contribution < -0.4 is 19.5 Å². The van der Waals surface area contributed by atoms with Crippen molar-refractivity contribution in [3.63, 3.8) is 0 Å². The van der Waals surface area contributed by atoms with E-state index >= 15 is 0 Å². The summed E-state index contributed by atoms with van der Waals surface area (Å²) in [7, 11) is 0. The van der Waals surface area contributed by atoms with Crippen LogP contribution in [0.15, 0.2) is 41.0 Å². The second kappa shape index (κ2) is 11.4. The van der Waals surface area contributed by atoms with Gasteiger partial charge in [-0.3, -0.25) is 4.79 Å². The smallest absolute Gasteiger partial charge is 0.263 e. The van der Waals surface area contributed by atoms with Crippen molar-refractivity contribution in [2.24, 2.45) is 0 Å². The molecule has 0 spiro atoms. The van der Waals surface area contributed by atoms with Gasteiger partial charge in [0.1, 0.15) is 5.75 Å². The summed E-state index contributed by atoms with van der Waals surface area (Å²) in [5, 5.41) is 11.1. The highest BCUT2D eigenvalue weighted by molar-refractivity contribution is 6.31. The van der Waals surface area contributed by atoms with E-state index in [2.05, 4.69) is 15.6 Å². The Labute approximate surface area is 191 Å². The van der Waals surface area contributed by atoms with E-state index in [1.54, 1.807) is 24.3 Å². The van der Waals surface area contributed by atoms with E-state index in [9.17, 15) is 4.79 Å². The molecule has 0 aliphatic rings. The second-order valence-corrected chi connectivity index (χ2v) is 7.47. The van der Waals surface area contributed by atoms with Crippen LogP contribution in [0.2, 0.25) is 5.02 Å². The molecule has 32 heavy (non-hydrogen) atoms. The molecule has 9 heteroatoms. The van der Waals surface area contributed by atoms with Crippen LogP contribution in [-0.4, -0.2) is 36.0 Å². The molecule has 0 aliphatic heterocycles. The van der Waals surface area contributed by atoms with Crippen LogP contribution in [0.1, 0.15) is 32.3 Å². The van der Waals surface area contributed by atoms with Gasteiger partial charge in [0.25, 0.3) is 5.91 Å². The normalized spacial score (nSPS) is 10.6. The minimum Gasteiger partial charge on any atom is -0.490 e.